The van der Waals surface area contributed by atoms with Crippen molar-refractivity contribution in [2.45, 2.75) is 68.5 Å². The molecule has 0 radical (unpaired) electrons. The van der Waals surface area contributed by atoms with Gasteiger partial charge in [-0.05, 0) is 63.6 Å². The highest BCUT2D eigenvalue weighted by atomic mass is 32.2. The van der Waals surface area contributed by atoms with E-state index in [9.17, 15) is 26.7 Å². The Morgan fingerprint density at radius 1 is 1.07 bits per heavy atom. The van der Waals surface area contributed by atoms with E-state index in [1.165, 1.54) is 43.1 Å². The van der Waals surface area contributed by atoms with Crippen LogP contribution in [0.4, 0.5) is 30.5 Å². The van der Waals surface area contributed by atoms with Crippen LogP contribution in [0.15, 0.2) is 55.2 Å². The molecular formula is C29H31F3N8O4S. The molecule has 0 amide bonds. The van der Waals surface area contributed by atoms with E-state index < -0.39 is 33.7 Å². The average molecular weight is 645 g/mol. The summed E-state index contributed by atoms with van der Waals surface area (Å²) in [5.74, 6) is 0.942. The molecule has 0 aromatic carbocycles. The Morgan fingerprint density at radius 3 is 2.58 bits per heavy atom. The fourth-order valence-electron chi connectivity index (χ4n) is 5.08. The first-order valence-electron chi connectivity index (χ1n) is 14.4. The lowest BCUT2D eigenvalue weighted by atomic mass is 9.83. The quantitative estimate of drug-likeness (QED) is 0.215. The number of hydrogen-bond acceptors (Lipinski definition) is 11. The molecule has 2 saturated carbocycles. The predicted molar refractivity (Wildman–Crippen MR) is 159 cm³/mol. The van der Waals surface area contributed by atoms with Gasteiger partial charge in [0.15, 0.2) is 12.4 Å². The highest BCUT2D eigenvalue weighted by molar-refractivity contribution is 7.90. The molecule has 0 atom stereocenters. The molecule has 4 heterocycles. The zero-order valence-electron chi connectivity index (χ0n) is 24.2. The normalized spacial score (nSPS) is 20.5. The van der Waals surface area contributed by atoms with Crippen molar-refractivity contribution in [1.82, 2.24) is 29.1 Å². The SMILES string of the molecule is CC1(O)CCC(Nc2cc(Nc3ccnc(-c4cnn(S(=O)(=O)C5CC5)c4)n3)ncc2-c2ncccc2OCC(F)(F)F)CC1. The number of nitrogens with one attached hydrogen (secondary N) is 2. The van der Waals surface area contributed by atoms with E-state index in [0.717, 1.165) is 4.09 Å². The summed E-state index contributed by atoms with van der Waals surface area (Å²) in [6, 6.07) is 6.21. The van der Waals surface area contributed by atoms with Crippen molar-refractivity contribution in [2.24, 2.45) is 0 Å². The van der Waals surface area contributed by atoms with Crippen molar-refractivity contribution in [1.29, 1.82) is 0 Å². The summed E-state index contributed by atoms with van der Waals surface area (Å²) in [6.45, 7) is 0.328. The van der Waals surface area contributed by atoms with Gasteiger partial charge in [0.1, 0.15) is 23.1 Å². The van der Waals surface area contributed by atoms with Gasteiger partial charge >= 0.3 is 6.18 Å². The number of ether oxygens (including phenoxy) is 1. The lowest BCUT2D eigenvalue weighted by Gasteiger charge is -2.34. The monoisotopic (exact) mass is 644 g/mol. The fourth-order valence-corrected chi connectivity index (χ4v) is 6.56. The third kappa shape index (κ3) is 7.33. The van der Waals surface area contributed by atoms with Crippen LogP contribution in [0.1, 0.15) is 45.4 Å². The molecular weight excluding hydrogens is 613 g/mol. The second-order valence-corrected chi connectivity index (χ2v) is 13.6. The molecule has 2 aliphatic rings. The second kappa shape index (κ2) is 11.9. The zero-order valence-corrected chi connectivity index (χ0v) is 25.0. The highest BCUT2D eigenvalue weighted by Gasteiger charge is 2.38. The summed E-state index contributed by atoms with van der Waals surface area (Å²) in [4.78, 5) is 17.5. The summed E-state index contributed by atoms with van der Waals surface area (Å²) in [7, 11) is -3.54. The summed E-state index contributed by atoms with van der Waals surface area (Å²) >= 11 is 0. The highest BCUT2D eigenvalue weighted by Crippen LogP contribution is 2.38. The van der Waals surface area contributed by atoms with E-state index in [4.69, 9.17) is 4.74 Å². The van der Waals surface area contributed by atoms with E-state index in [0.29, 0.717) is 67.0 Å². The van der Waals surface area contributed by atoms with Crippen LogP contribution >= 0.6 is 0 Å². The first-order valence-corrected chi connectivity index (χ1v) is 15.9. The molecule has 12 nitrogen and oxygen atoms in total. The number of rotatable bonds is 10. The molecule has 0 bridgehead atoms. The zero-order chi connectivity index (χ0) is 31.8. The summed E-state index contributed by atoms with van der Waals surface area (Å²) < 4.78 is 70.0. The molecule has 0 unspecified atom stereocenters. The lowest BCUT2D eigenvalue weighted by molar-refractivity contribution is -0.153. The molecule has 2 aliphatic carbocycles. The summed E-state index contributed by atoms with van der Waals surface area (Å²) in [6.07, 6.45) is 6.45. The van der Waals surface area contributed by atoms with Gasteiger partial charge in [0.2, 0.25) is 0 Å². The number of pyridine rings is 2. The molecule has 45 heavy (non-hydrogen) atoms. The predicted octanol–water partition coefficient (Wildman–Crippen LogP) is 4.93. The van der Waals surface area contributed by atoms with Crippen molar-refractivity contribution in [3.8, 4) is 28.4 Å². The third-order valence-electron chi connectivity index (χ3n) is 7.68. The van der Waals surface area contributed by atoms with E-state index in [1.807, 2.05) is 0 Å². The molecule has 16 heteroatoms. The van der Waals surface area contributed by atoms with Gasteiger partial charge < -0.3 is 20.5 Å². The topological polar surface area (TPSA) is 157 Å². The summed E-state index contributed by atoms with van der Waals surface area (Å²) in [5.41, 5.74) is 0.838. The van der Waals surface area contributed by atoms with E-state index in [1.54, 1.807) is 19.1 Å². The van der Waals surface area contributed by atoms with Crippen LogP contribution in [0.5, 0.6) is 5.75 Å². The van der Waals surface area contributed by atoms with Crippen molar-refractivity contribution >= 4 is 27.3 Å². The van der Waals surface area contributed by atoms with Crippen LogP contribution in [-0.4, -0.2) is 72.3 Å². The molecule has 6 rings (SSSR count). The second-order valence-electron chi connectivity index (χ2n) is 11.5. The van der Waals surface area contributed by atoms with Crippen LogP contribution in [0.2, 0.25) is 0 Å². The molecule has 3 N–H and O–H groups in total. The number of aliphatic hydroxyl groups is 1. The molecule has 0 aliphatic heterocycles. The number of nitrogens with zero attached hydrogens (tertiary/aromatic N) is 6. The Balaban J connectivity index is 1.28. The van der Waals surface area contributed by atoms with Gasteiger partial charge in [0, 0.05) is 41.9 Å². The Morgan fingerprint density at radius 2 is 1.84 bits per heavy atom. The maximum atomic E-state index is 13.0. The largest absolute Gasteiger partial charge is 0.482 e. The van der Waals surface area contributed by atoms with E-state index in [-0.39, 0.29) is 23.3 Å². The minimum absolute atomic E-state index is 0.0170. The third-order valence-corrected chi connectivity index (χ3v) is 9.71. The van der Waals surface area contributed by atoms with Crippen LogP contribution in [0.25, 0.3) is 22.6 Å². The van der Waals surface area contributed by atoms with Crippen LogP contribution in [0, 0.1) is 0 Å². The van der Waals surface area contributed by atoms with E-state index >= 15 is 0 Å². The molecule has 0 saturated heterocycles. The Bertz CT molecular complexity index is 1780. The van der Waals surface area contributed by atoms with Gasteiger partial charge in [-0.25, -0.2) is 23.4 Å². The van der Waals surface area contributed by atoms with Crippen molar-refractivity contribution in [3.05, 3.63) is 55.2 Å². The molecule has 238 valence electrons. The van der Waals surface area contributed by atoms with Gasteiger partial charge in [-0.3, -0.25) is 4.98 Å². The lowest BCUT2D eigenvalue weighted by Crippen LogP contribution is -2.35. The van der Waals surface area contributed by atoms with E-state index in [2.05, 4.69) is 35.7 Å². The first-order chi connectivity index (χ1) is 21.4. The van der Waals surface area contributed by atoms with Gasteiger partial charge in [0.05, 0.1) is 28.8 Å². The maximum absolute atomic E-state index is 13.0. The molecule has 4 aromatic heterocycles. The van der Waals surface area contributed by atoms with Gasteiger partial charge in [-0.15, -0.1) is 0 Å². The van der Waals surface area contributed by atoms with Crippen LogP contribution in [0.3, 0.4) is 0 Å². The Hall–Kier alpha value is -4.31. The number of anilines is 3. The average Bonchev–Trinajstić information content (AvgIpc) is 3.74. The van der Waals surface area contributed by atoms with Crippen molar-refractivity contribution < 1.29 is 31.4 Å². The molecule has 0 spiro atoms. The molecule has 4 aromatic rings. The van der Waals surface area contributed by atoms with Crippen molar-refractivity contribution in [3.63, 3.8) is 0 Å². The Labute approximate surface area is 257 Å². The maximum Gasteiger partial charge on any atom is 0.422 e. The first kappa shape index (κ1) is 30.7. The number of aromatic nitrogens is 6. The minimum Gasteiger partial charge on any atom is -0.482 e. The van der Waals surface area contributed by atoms with Crippen LogP contribution in [-0.2, 0) is 10.0 Å². The number of halogens is 3. The smallest absolute Gasteiger partial charge is 0.422 e. The van der Waals surface area contributed by atoms with Gasteiger partial charge in [-0.2, -0.15) is 22.4 Å². The van der Waals surface area contributed by atoms with Gasteiger partial charge in [0.25, 0.3) is 10.0 Å². The molecule has 2 fully saturated rings. The fraction of sp³-hybridized carbons (Fsp3) is 0.414. The van der Waals surface area contributed by atoms with Crippen LogP contribution < -0.4 is 15.4 Å². The standard InChI is InChI=1S/C29H31F3N8O4S/c1-28(41)9-6-19(7-10-28)37-22-13-25(35-15-21(22)26-23(3-2-11-33-26)44-17-29(30,31)32)38-24-8-12-34-27(39-24)18-14-36-40(16-18)45(42,43)20-4-5-20/h2-3,8,11-16,19-20,41H,4-7,9-10,17H2,1H3,(H2,34,35,37,38,39). The Kier molecular flexibility index (Phi) is 8.11. The number of hydrogen-bond donors (Lipinski definition) is 3. The van der Waals surface area contributed by atoms with Gasteiger partial charge in [-0.1, -0.05) is 0 Å². The summed E-state index contributed by atoms with van der Waals surface area (Å²) in [5, 5.41) is 20.6. The van der Waals surface area contributed by atoms with Crippen molar-refractivity contribution in [2.75, 3.05) is 17.2 Å². The number of alkyl halides is 3. The minimum atomic E-state index is -4.53.